The van der Waals surface area contributed by atoms with E-state index in [1.807, 2.05) is 67.6 Å². The molecule has 0 radical (unpaired) electrons. The highest BCUT2D eigenvalue weighted by Gasteiger charge is 2.23. The molecular formula is C38H41NO8. The van der Waals surface area contributed by atoms with Crippen LogP contribution in [0.3, 0.4) is 0 Å². The van der Waals surface area contributed by atoms with Crippen LogP contribution in [0.2, 0.25) is 0 Å². The van der Waals surface area contributed by atoms with Crippen molar-refractivity contribution < 1.29 is 38.5 Å². The van der Waals surface area contributed by atoms with Crippen molar-refractivity contribution in [1.82, 2.24) is 0 Å². The first-order chi connectivity index (χ1) is 22.7. The third kappa shape index (κ3) is 11.5. The smallest absolute Gasteiger partial charge is 0.339 e. The first kappa shape index (κ1) is 36.0. The van der Waals surface area contributed by atoms with Crippen LogP contribution in [0.1, 0.15) is 105 Å². The third-order valence-corrected chi connectivity index (χ3v) is 7.05. The molecule has 0 fully saturated rings. The zero-order valence-electron chi connectivity index (χ0n) is 26.7. The molecule has 0 aliphatic heterocycles. The van der Waals surface area contributed by atoms with Crippen molar-refractivity contribution in [1.29, 1.82) is 0 Å². The predicted octanol–water partition coefficient (Wildman–Crippen LogP) is 8.06. The number of carboxylic acid groups (broad SMARTS) is 1. The van der Waals surface area contributed by atoms with Crippen LogP contribution in [0.25, 0.3) is 0 Å². The molecule has 4 rings (SSSR count). The Balaban J connectivity index is 0.000000256. The van der Waals surface area contributed by atoms with Crippen LogP contribution in [0.15, 0.2) is 103 Å². The molecule has 47 heavy (non-hydrogen) atoms. The minimum Gasteiger partial charge on any atom is -0.478 e. The zero-order chi connectivity index (χ0) is 34.0. The molecule has 4 aromatic carbocycles. The van der Waals surface area contributed by atoms with Gasteiger partial charge in [-0.3, -0.25) is 0 Å². The van der Waals surface area contributed by atoms with Crippen LogP contribution in [0, 0.1) is 0 Å². The van der Waals surface area contributed by atoms with Crippen molar-refractivity contribution in [2.24, 2.45) is 0 Å². The Morgan fingerprint density at radius 1 is 0.660 bits per heavy atom. The van der Waals surface area contributed by atoms with Gasteiger partial charge in [0, 0.05) is 5.69 Å². The molecule has 0 saturated heterocycles. The van der Waals surface area contributed by atoms with Gasteiger partial charge in [-0.1, -0.05) is 99.5 Å². The standard InChI is InChI=1S/C19H21NO4.C19H20O4/c1-2-3-9-17(13-7-5-4-6-8-13)24-19(23)15-11-10-14(20)12-16(15)18(21)22;1-2-3-13-22-18(20)16-11-7-8-12-17(16)19(21)23-14-15-9-5-4-6-10-15/h4-8,10-12,17H,2-3,9,20H2,1H3,(H,21,22);4-12H,2-3,13-14H2,1H3. The number of nitrogens with two attached hydrogens (primary N) is 1. The maximum absolute atomic E-state index is 12.5. The van der Waals surface area contributed by atoms with E-state index in [1.165, 1.54) is 18.2 Å². The van der Waals surface area contributed by atoms with Gasteiger partial charge in [0.05, 0.1) is 28.9 Å². The number of hydrogen-bond acceptors (Lipinski definition) is 8. The highest BCUT2D eigenvalue weighted by molar-refractivity contribution is 6.04. The number of nitrogen functional groups attached to an aromatic ring is 1. The highest BCUT2D eigenvalue weighted by atomic mass is 16.5. The van der Waals surface area contributed by atoms with E-state index in [0.717, 1.165) is 36.8 Å². The van der Waals surface area contributed by atoms with Crippen molar-refractivity contribution in [3.05, 3.63) is 137 Å². The lowest BCUT2D eigenvalue weighted by Gasteiger charge is -2.19. The summed E-state index contributed by atoms with van der Waals surface area (Å²) in [5.41, 5.74) is 8.00. The van der Waals surface area contributed by atoms with Gasteiger partial charge in [0.1, 0.15) is 12.7 Å². The molecule has 3 N–H and O–H groups in total. The lowest BCUT2D eigenvalue weighted by Crippen LogP contribution is -2.15. The fourth-order valence-corrected chi connectivity index (χ4v) is 4.49. The van der Waals surface area contributed by atoms with Crippen LogP contribution < -0.4 is 5.73 Å². The van der Waals surface area contributed by atoms with E-state index in [0.29, 0.717) is 13.0 Å². The molecule has 0 bridgehead atoms. The zero-order valence-corrected chi connectivity index (χ0v) is 26.7. The fraction of sp³-hybridized carbons (Fsp3) is 0.263. The van der Waals surface area contributed by atoms with E-state index in [9.17, 15) is 24.3 Å². The molecule has 0 amide bonds. The van der Waals surface area contributed by atoms with Gasteiger partial charge in [0.15, 0.2) is 0 Å². The monoisotopic (exact) mass is 639 g/mol. The quantitative estimate of drug-likeness (QED) is 0.0606. The summed E-state index contributed by atoms with van der Waals surface area (Å²) in [6.45, 7) is 4.59. The Morgan fingerprint density at radius 3 is 1.81 bits per heavy atom. The molecule has 9 heteroatoms. The van der Waals surface area contributed by atoms with Gasteiger partial charge >= 0.3 is 23.9 Å². The number of unbranched alkanes of at least 4 members (excludes halogenated alkanes) is 2. The summed E-state index contributed by atoms with van der Waals surface area (Å²) >= 11 is 0. The molecule has 1 atom stereocenters. The summed E-state index contributed by atoms with van der Waals surface area (Å²) in [5.74, 6) is -2.89. The van der Waals surface area contributed by atoms with Crippen molar-refractivity contribution >= 4 is 29.6 Å². The average Bonchev–Trinajstić information content (AvgIpc) is 3.10. The minimum atomic E-state index is -1.21. The van der Waals surface area contributed by atoms with Crippen LogP contribution in [0.4, 0.5) is 5.69 Å². The number of rotatable bonds is 14. The van der Waals surface area contributed by atoms with E-state index in [-0.39, 0.29) is 34.5 Å². The van der Waals surface area contributed by atoms with Gasteiger partial charge in [-0.25, -0.2) is 19.2 Å². The van der Waals surface area contributed by atoms with Crippen LogP contribution in [-0.4, -0.2) is 35.6 Å². The van der Waals surface area contributed by atoms with E-state index in [4.69, 9.17) is 19.9 Å². The number of ether oxygens (including phenoxy) is 3. The second-order valence-electron chi connectivity index (χ2n) is 10.7. The highest BCUT2D eigenvalue weighted by Crippen LogP contribution is 2.26. The maximum Gasteiger partial charge on any atom is 0.339 e. The molecule has 9 nitrogen and oxygen atoms in total. The molecule has 0 aliphatic carbocycles. The number of anilines is 1. The molecular weight excluding hydrogens is 598 g/mol. The van der Waals surface area contributed by atoms with E-state index >= 15 is 0 Å². The second kappa shape index (κ2) is 19.2. The molecule has 0 spiro atoms. The summed E-state index contributed by atoms with van der Waals surface area (Å²) in [4.78, 5) is 48.2. The number of esters is 3. The van der Waals surface area contributed by atoms with Gasteiger partial charge in [-0.15, -0.1) is 0 Å². The van der Waals surface area contributed by atoms with E-state index in [1.54, 1.807) is 24.3 Å². The number of hydrogen-bond donors (Lipinski definition) is 2. The molecule has 4 aromatic rings. The summed E-state index contributed by atoms with van der Waals surface area (Å²) in [6, 6.07) is 29.5. The maximum atomic E-state index is 12.5. The number of carbonyl (C=O) groups excluding carboxylic acids is 3. The summed E-state index contributed by atoms with van der Waals surface area (Å²) in [5, 5.41) is 9.27. The van der Waals surface area contributed by atoms with Crippen LogP contribution in [-0.2, 0) is 20.8 Å². The Labute approximate surface area is 275 Å². The Bertz CT molecular complexity index is 1600. The van der Waals surface area contributed by atoms with Crippen molar-refractivity contribution in [2.45, 2.75) is 58.7 Å². The minimum absolute atomic E-state index is 0.00845. The second-order valence-corrected chi connectivity index (χ2v) is 10.7. The topological polar surface area (TPSA) is 142 Å². The van der Waals surface area contributed by atoms with Crippen molar-refractivity contribution in [3.8, 4) is 0 Å². The number of carboxylic acids is 1. The summed E-state index contributed by atoms with van der Waals surface area (Å²) in [7, 11) is 0. The predicted molar refractivity (Wildman–Crippen MR) is 179 cm³/mol. The Morgan fingerprint density at radius 2 is 1.21 bits per heavy atom. The average molecular weight is 640 g/mol. The molecule has 0 aromatic heterocycles. The summed E-state index contributed by atoms with van der Waals surface area (Å²) < 4.78 is 16.1. The van der Waals surface area contributed by atoms with Crippen LogP contribution in [0.5, 0.6) is 0 Å². The lowest BCUT2D eigenvalue weighted by molar-refractivity contribution is 0.0266. The van der Waals surface area contributed by atoms with E-state index in [2.05, 4.69) is 6.92 Å². The first-order valence-electron chi connectivity index (χ1n) is 15.6. The number of benzene rings is 4. The van der Waals surface area contributed by atoms with Gasteiger partial charge in [0.2, 0.25) is 0 Å². The Hall–Kier alpha value is -5.44. The van der Waals surface area contributed by atoms with E-state index < -0.39 is 30.0 Å². The largest absolute Gasteiger partial charge is 0.478 e. The van der Waals surface area contributed by atoms with Gasteiger partial charge < -0.3 is 25.1 Å². The molecule has 0 saturated carbocycles. The van der Waals surface area contributed by atoms with Crippen molar-refractivity contribution in [3.63, 3.8) is 0 Å². The third-order valence-electron chi connectivity index (χ3n) is 7.05. The van der Waals surface area contributed by atoms with Gasteiger partial charge in [-0.05, 0) is 60.7 Å². The molecule has 0 heterocycles. The first-order valence-corrected chi connectivity index (χ1v) is 15.6. The SMILES string of the molecule is CCCCC(OC(=O)c1ccc(N)cc1C(=O)O)c1ccccc1.CCCCOC(=O)c1ccccc1C(=O)OCc1ccccc1. The Kier molecular flexibility index (Phi) is 14.7. The summed E-state index contributed by atoms with van der Waals surface area (Å²) in [6.07, 6.45) is 3.89. The normalized spacial score (nSPS) is 10.9. The number of carbonyl (C=O) groups is 4. The number of aromatic carboxylic acids is 1. The lowest BCUT2D eigenvalue weighted by atomic mass is 10.0. The van der Waals surface area contributed by atoms with Crippen molar-refractivity contribution in [2.75, 3.05) is 12.3 Å². The molecule has 1 unspecified atom stereocenters. The molecule has 246 valence electrons. The van der Waals surface area contributed by atoms with Gasteiger partial charge in [0.25, 0.3) is 0 Å². The molecule has 0 aliphatic rings. The van der Waals surface area contributed by atoms with Gasteiger partial charge in [-0.2, -0.15) is 0 Å². The van der Waals surface area contributed by atoms with Crippen LogP contribution >= 0.6 is 0 Å². The fourth-order valence-electron chi connectivity index (χ4n) is 4.49.